The molecule has 0 atom stereocenters. The van der Waals surface area contributed by atoms with Crippen LogP contribution in [0.5, 0.6) is 0 Å². The first-order valence-electron chi connectivity index (χ1n) is 6.25. The fourth-order valence-corrected chi connectivity index (χ4v) is 2.63. The minimum atomic E-state index is 0.397. The van der Waals surface area contributed by atoms with Crippen LogP contribution in [0.25, 0.3) is 0 Å². The number of rotatable bonds is 5. The molecule has 0 saturated heterocycles. The van der Waals surface area contributed by atoms with Crippen LogP contribution < -0.4 is 0 Å². The Morgan fingerprint density at radius 3 is 2.40 bits per heavy atom. The predicted octanol–water partition coefficient (Wildman–Crippen LogP) is 5.04. The van der Waals surface area contributed by atoms with Crippen molar-refractivity contribution < 1.29 is 0 Å². The molecule has 1 aliphatic rings. The van der Waals surface area contributed by atoms with E-state index >= 15 is 0 Å². The zero-order chi connectivity index (χ0) is 11.3. The molecule has 0 saturated carbocycles. The van der Waals surface area contributed by atoms with Crippen molar-refractivity contribution in [3.8, 4) is 0 Å². The van der Waals surface area contributed by atoms with Crippen molar-refractivity contribution in [2.24, 2.45) is 5.41 Å². The van der Waals surface area contributed by atoms with Gasteiger partial charge < -0.3 is 0 Å². The molecule has 0 aromatic rings. The molecule has 0 fully saturated rings. The van der Waals surface area contributed by atoms with Crippen molar-refractivity contribution in [1.29, 1.82) is 0 Å². The topological polar surface area (TPSA) is 0 Å². The van der Waals surface area contributed by atoms with Gasteiger partial charge in [0.05, 0.1) is 0 Å². The third-order valence-corrected chi connectivity index (χ3v) is 3.73. The normalized spacial score (nSPS) is 16.7. The van der Waals surface area contributed by atoms with Crippen LogP contribution >= 0.6 is 0 Å². The summed E-state index contributed by atoms with van der Waals surface area (Å²) in [6.45, 7) is 11.0. The molecule has 0 unspecified atom stereocenters. The van der Waals surface area contributed by atoms with Gasteiger partial charge in [-0.1, -0.05) is 57.6 Å². The van der Waals surface area contributed by atoms with Crippen LogP contribution in [-0.4, -0.2) is 0 Å². The first-order chi connectivity index (χ1) is 7.18. The van der Waals surface area contributed by atoms with Crippen molar-refractivity contribution >= 4 is 0 Å². The molecule has 0 aliphatic heterocycles. The first kappa shape index (κ1) is 12.3. The summed E-state index contributed by atoms with van der Waals surface area (Å²) in [5.74, 6) is 0. The number of allylic oxidation sites excluding steroid dienone is 5. The summed E-state index contributed by atoms with van der Waals surface area (Å²) in [4.78, 5) is 0. The first-order valence-corrected chi connectivity index (χ1v) is 6.25. The van der Waals surface area contributed by atoms with Gasteiger partial charge in [-0.05, 0) is 36.7 Å². The van der Waals surface area contributed by atoms with E-state index in [-0.39, 0.29) is 0 Å². The van der Waals surface area contributed by atoms with E-state index in [1.165, 1.54) is 36.8 Å². The van der Waals surface area contributed by atoms with E-state index in [1.807, 2.05) is 0 Å². The number of hydrogen-bond acceptors (Lipinski definition) is 0. The molecule has 0 spiro atoms. The largest absolute Gasteiger partial charge is 0.0955 e. The molecule has 0 aromatic carbocycles. The molecule has 0 amide bonds. The Balaban J connectivity index is 2.97. The fourth-order valence-electron chi connectivity index (χ4n) is 2.63. The summed E-state index contributed by atoms with van der Waals surface area (Å²) in [5, 5.41) is 0. The van der Waals surface area contributed by atoms with Crippen molar-refractivity contribution in [2.45, 2.75) is 52.9 Å². The molecule has 0 heterocycles. The van der Waals surface area contributed by atoms with Crippen LogP contribution in [0, 0.1) is 5.41 Å². The monoisotopic (exact) mass is 204 g/mol. The maximum atomic E-state index is 4.08. The lowest BCUT2D eigenvalue weighted by atomic mass is 9.70. The van der Waals surface area contributed by atoms with Crippen LogP contribution in [0.1, 0.15) is 52.9 Å². The van der Waals surface area contributed by atoms with E-state index < -0.39 is 0 Å². The maximum Gasteiger partial charge on any atom is -0.00523 e. The summed E-state index contributed by atoms with van der Waals surface area (Å²) in [6, 6.07) is 0. The fraction of sp³-hybridized carbons (Fsp3) is 0.600. The minimum Gasteiger partial charge on any atom is -0.0955 e. The standard InChI is InChI=1S/C15H24/c1-5-11-15(6-2,7-3)14-10-8-9-13(4)12-14/h8,10,12H,4-7,9,11H2,1-3H3. The Bertz CT molecular complexity index is 274. The van der Waals surface area contributed by atoms with E-state index in [1.54, 1.807) is 0 Å². The summed E-state index contributed by atoms with van der Waals surface area (Å²) < 4.78 is 0. The molecule has 84 valence electrons. The molecule has 0 radical (unpaired) electrons. The Morgan fingerprint density at radius 1 is 1.27 bits per heavy atom. The van der Waals surface area contributed by atoms with Crippen LogP contribution in [0.2, 0.25) is 0 Å². The van der Waals surface area contributed by atoms with Gasteiger partial charge in [0.25, 0.3) is 0 Å². The van der Waals surface area contributed by atoms with Crippen molar-refractivity contribution in [2.75, 3.05) is 0 Å². The van der Waals surface area contributed by atoms with E-state index in [4.69, 9.17) is 0 Å². The molecule has 1 rings (SSSR count). The number of hydrogen-bond donors (Lipinski definition) is 0. The lowest BCUT2D eigenvalue weighted by Crippen LogP contribution is -2.21. The quantitative estimate of drug-likeness (QED) is 0.589. The van der Waals surface area contributed by atoms with Crippen LogP contribution in [-0.2, 0) is 0 Å². The second-order valence-corrected chi connectivity index (χ2v) is 4.60. The van der Waals surface area contributed by atoms with Crippen molar-refractivity contribution in [3.63, 3.8) is 0 Å². The predicted molar refractivity (Wildman–Crippen MR) is 68.9 cm³/mol. The molecule has 15 heavy (non-hydrogen) atoms. The van der Waals surface area contributed by atoms with Gasteiger partial charge in [0.2, 0.25) is 0 Å². The summed E-state index contributed by atoms with van der Waals surface area (Å²) in [5.41, 5.74) is 3.16. The average Bonchev–Trinajstić information content (AvgIpc) is 2.26. The molecule has 1 aliphatic carbocycles. The highest BCUT2D eigenvalue weighted by atomic mass is 14.3. The van der Waals surface area contributed by atoms with Gasteiger partial charge in [-0.25, -0.2) is 0 Å². The second-order valence-electron chi connectivity index (χ2n) is 4.60. The van der Waals surface area contributed by atoms with Gasteiger partial charge in [0.1, 0.15) is 0 Å². The van der Waals surface area contributed by atoms with Crippen molar-refractivity contribution in [3.05, 3.63) is 36.0 Å². The Morgan fingerprint density at radius 2 is 1.93 bits per heavy atom. The molecule has 0 bridgehead atoms. The Labute approximate surface area is 94.8 Å². The third-order valence-electron chi connectivity index (χ3n) is 3.73. The minimum absolute atomic E-state index is 0.397. The molecule has 0 heteroatoms. The van der Waals surface area contributed by atoms with Gasteiger partial charge >= 0.3 is 0 Å². The van der Waals surface area contributed by atoms with Crippen LogP contribution in [0.3, 0.4) is 0 Å². The molecule has 0 nitrogen and oxygen atoms in total. The smallest absolute Gasteiger partial charge is 0.00523 e. The maximum absolute atomic E-state index is 4.08. The van der Waals surface area contributed by atoms with Gasteiger partial charge in [0, 0.05) is 0 Å². The average molecular weight is 204 g/mol. The van der Waals surface area contributed by atoms with Gasteiger partial charge in [-0.2, -0.15) is 0 Å². The highest BCUT2D eigenvalue weighted by Crippen LogP contribution is 2.42. The summed E-state index contributed by atoms with van der Waals surface area (Å²) >= 11 is 0. The molecule has 0 N–H and O–H groups in total. The Kier molecular flexibility index (Phi) is 4.38. The Hall–Kier alpha value is -0.780. The third kappa shape index (κ3) is 2.62. The van der Waals surface area contributed by atoms with Gasteiger partial charge in [0.15, 0.2) is 0 Å². The van der Waals surface area contributed by atoms with E-state index in [2.05, 4.69) is 45.6 Å². The SMILES string of the molecule is C=C1C=C(C(CC)(CC)CCC)C=CC1. The highest BCUT2D eigenvalue weighted by Gasteiger charge is 2.28. The van der Waals surface area contributed by atoms with Gasteiger partial charge in [-0.15, -0.1) is 0 Å². The van der Waals surface area contributed by atoms with Crippen LogP contribution in [0.15, 0.2) is 36.0 Å². The molecular formula is C15H24. The summed E-state index contributed by atoms with van der Waals surface area (Å²) in [6.07, 6.45) is 12.9. The van der Waals surface area contributed by atoms with E-state index in [9.17, 15) is 0 Å². The summed E-state index contributed by atoms with van der Waals surface area (Å²) in [7, 11) is 0. The van der Waals surface area contributed by atoms with E-state index in [0.29, 0.717) is 5.41 Å². The second kappa shape index (κ2) is 5.34. The van der Waals surface area contributed by atoms with Crippen molar-refractivity contribution in [1.82, 2.24) is 0 Å². The van der Waals surface area contributed by atoms with E-state index in [0.717, 1.165) is 6.42 Å². The highest BCUT2D eigenvalue weighted by molar-refractivity contribution is 5.39. The zero-order valence-corrected chi connectivity index (χ0v) is 10.5. The lowest BCUT2D eigenvalue weighted by molar-refractivity contribution is 0.304. The van der Waals surface area contributed by atoms with Crippen LogP contribution in [0.4, 0.5) is 0 Å². The molecule has 0 aromatic heterocycles. The van der Waals surface area contributed by atoms with Gasteiger partial charge in [-0.3, -0.25) is 0 Å². The lowest BCUT2D eigenvalue weighted by Gasteiger charge is -2.34. The molecular weight excluding hydrogens is 180 g/mol. The zero-order valence-electron chi connectivity index (χ0n) is 10.5.